The summed E-state index contributed by atoms with van der Waals surface area (Å²) in [6.07, 6.45) is 1.97. The Bertz CT molecular complexity index is 88.9. The zero-order valence-electron chi connectivity index (χ0n) is 6.57. The van der Waals surface area contributed by atoms with Gasteiger partial charge in [-0.1, -0.05) is 13.8 Å². The van der Waals surface area contributed by atoms with Crippen LogP contribution in [-0.2, 0) is 0 Å². The van der Waals surface area contributed by atoms with E-state index in [0.717, 1.165) is 25.2 Å². The van der Waals surface area contributed by atoms with Crippen molar-refractivity contribution in [3.63, 3.8) is 0 Å². The second-order valence-corrected chi connectivity index (χ2v) is 2.22. The standard InChI is InChI=1S/C7H16N2/c1-4-6-9(3)7(8)5-2/h8H,4-6H2,1-3H3. The Labute approximate surface area is 57.4 Å². The Hall–Kier alpha value is -0.530. The highest BCUT2D eigenvalue weighted by molar-refractivity contribution is 5.78. The van der Waals surface area contributed by atoms with Gasteiger partial charge in [-0.15, -0.1) is 0 Å². The smallest absolute Gasteiger partial charge is 0.0952 e. The molecule has 0 saturated heterocycles. The van der Waals surface area contributed by atoms with Crippen molar-refractivity contribution in [1.82, 2.24) is 4.90 Å². The van der Waals surface area contributed by atoms with Crippen LogP contribution in [0.5, 0.6) is 0 Å². The van der Waals surface area contributed by atoms with Crippen LogP contribution in [-0.4, -0.2) is 24.3 Å². The molecule has 0 aromatic rings. The van der Waals surface area contributed by atoms with Crippen LogP contribution >= 0.6 is 0 Å². The maximum Gasteiger partial charge on any atom is 0.0952 e. The van der Waals surface area contributed by atoms with E-state index in [2.05, 4.69) is 6.92 Å². The van der Waals surface area contributed by atoms with Crippen LogP contribution in [0.15, 0.2) is 0 Å². The van der Waals surface area contributed by atoms with Gasteiger partial charge in [0.15, 0.2) is 0 Å². The lowest BCUT2D eigenvalue weighted by Crippen LogP contribution is -2.25. The minimum Gasteiger partial charge on any atom is -0.364 e. The molecule has 9 heavy (non-hydrogen) atoms. The van der Waals surface area contributed by atoms with Crippen molar-refractivity contribution in [2.75, 3.05) is 13.6 Å². The lowest BCUT2D eigenvalue weighted by Gasteiger charge is -2.17. The molecule has 0 radical (unpaired) electrons. The number of rotatable bonds is 3. The number of nitrogens with one attached hydrogen (secondary N) is 1. The SMILES string of the molecule is CCCN(C)C(=N)CC. The van der Waals surface area contributed by atoms with Gasteiger partial charge in [0.2, 0.25) is 0 Å². The zero-order chi connectivity index (χ0) is 7.28. The highest BCUT2D eigenvalue weighted by Gasteiger charge is 1.97. The summed E-state index contributed by atoms with van der Waals surface area (Å²) < 4.78 is 0. The summed E-state index contributed by atoms with van der Waals surface area (Å²) in [7, 11) is 1.97. The van der Waals surface area contributed by atoms with Gasteiger partial charge in [-0.3, -0.25) is 5.41 Å². The first-order valence-electron chi connectivity index (χ1n) is 3.50. The van der Waals surface area contributed by atoms with E-state index >= 15 is 0 Å². The molecule has 0 heterocycles. The van der Waals surface area contributed by atoms with E-state index < -0.39 is 0 Å². The molecular weight excluding hydrogens is 112 g/mol. The summed E-state index contributed by atoms with van der Waals surface area (Å²) in [5, 5.41) is 7.37. The highest BCUT2D eigenvalue weighted by atomic mass is 15.1. The molecule has 0 aliphatic rings. The maximum atomic E-state index is 7.37. The van der Waals surface area contributed by atoms with E-state index in [0.29, 0.717) is 0 Å². The fourth-order valence-electron chi connectivity index (χ4n) is 0.740. The second kappa shape index (κ2) is 4.36. The molecule has 0 aromatic heterocycles. The average Bonchev–Trinajstić information content (AvgIpc) is 1.87. The van der Waals surface area contributed by atoms with Gasteiger partial charge in [0.25, 0.3) is 0 Å². The number of hydrogen-bond donors (Lipinski definition) is 1. The Morgan fingerprint density at radius 2 is 2.00 bits per heavy atom. The normalized spacial score (nSPS) is 9.22. The molecule has 2 heteroatoms. The van der Waals surface area contributed by atoms with E-state index in [9.17, 15) is 0 Å². The summed E-state index contributed by atoms with van der Waals surface area (Å²) in [6.45, 7) is 5.14. The molecule has 0 saturated carbocycles. The van der Waals surface area contributed by atoms with E-state index in [1.54, 1.807) is 0 Å². The summed E-state index contributed by atoms with van der Waals surface area (Å²) in [4.78, 5) is 1.99. The lowest BCUT2D eigenvalue weighted by molar-refractivity contribution is 0.488. The molecule has 0 aliphatic heterocycles. The monoisotopic (exact) mass is 128 g/mol. The third-order valence-corrected chi connectivity index (χ3v) is 1.35. The van der Waals surface area contributed by atoms with Crippen LogP contribution in [0.25, 0.3) is 0 Å². The van der Waals surface area contributed by atoms with Gasteiger partial charge < -0.3 is 4.90 Å². The summed E-state index contributed by atoms with van der Waals surface area (Å²) >= 11 is 0. The van der Waals surface area contributed by atoms with Crippen molar-refractivity contribution < 1.29 is 0 Å². The van der Waals surface area contributed by atoms with Gasteiger partial charge in [-0.2, -0.15) is 0 Å². The van der Waals surface area contributed by atoms with Crippen molar-refractivity contribution in [1.29, 1.82) is 5.41 Å². The Balaban J connectivity index is 3.45. The van der Waals surface area contributed by atoms with E-state index in [1.807, 2.05) is 18.9 Å². The molecule has 0 atom stereocenters. The molecule has 0 bridgehead atoms. The fourth-order valence-corrected chi connectivity index (χ4v) is 0.740. The van der Waals surface area contributed by atoms with Crippen molar-refractivity contribution in [2.24, 2.45) is 0 Å². The molecule has 0 aromatic carbocycles. The third-order valence-electron chi connectivity index (χ3n) is 1.35. The van der Waals surface area contributed by atoms with Crippen LogP contribution in [0.3, 0.4) is 0 Å². The second-order valence-electron chi connectivity index (χ2n) is 2.22. The molecule has 0 fully saturated rings. The molecule has 0 amide bonds. The number of hydrogen-bond acceptors (Lipinski definition) is 1. The summed E-state index contributed by atoms with van der Waals surface area (Å²) in [5.74, 6) is 0.733. The Morgan fingerprint density at radius 1 is 1.44 bits per heavy atom. The zero-order valence-corrected chi connectivity index (χ0v) is 6.57. The lowest BCUT2D eigenvalue weighted by atomic mass is 10.3. The van der Waals surface area contributed by atoms with Crippen molar-refractivity contribution >= 4 is 5.84 Å². The van der Waals surface area contributed by atoms with Crippen LogP contribution in [0, 0.1) is 5.41 Å². The first kappa shape index (κ1) is 8.47. The van der Waals surface area contributed by atoms with Crippen LogP contribution in [0.2, 0.25) is 0 Å². The van der Waals surface area contributed by atoms with Gasteiger partial charge in [0, 0.05) is 20.0 Å². The van der Waals surface area contributed by atoms with E-state index in [4.69, 9.17) is 5.41 Å². The summed E-state index contributed by atoms with van der Waals surface area (Å²) in [6, 6.07) is 0. The van der Waals surface area contributed by atoms with Crippen LogP contribution < -0.4 is 0 Å². The Morgan fingerprint density at radius 3 is 2.33 bits per heavy atom. The minimum atomic E-state index is 0.733. The van der Waals surface area contributed by atoms with Gasteiger partial charge in [-0.05, 0) is 6.42 Å². The predicted molar refractivity (Wildman–Crippen MR) is 40.9 cm³/mol. The highest BCUT2D eigenvalue weighted by Crippen LogP contribution is 1.90. The summed E-state index contributed by atoms with van der Waals surface area (Å²) in [5.41, 5.74) is 0. The molecule has 2 nitrogen and oxygen atoms in total. The average molecular weight is 128 g/mol. The minimum absolute atomic E-state index is 0.733. The molecule has 54 valence electrons. The molecule has 0 spiro atoms. The van der Waals surface area contributed by atoms with Crippen molar-refractivity contribution in [3.8, 4) is 0 Å². The topological polar surface area (TPSA) is 27.1 Å². The number of amidine groups is 1. The van der Waals surface area contributed by atoms with Crippen LogP contribution in [0.1, 0.15) is 26.7 Å². The van der Waals surface area contributed by atoms with E-state index in [-0.39, 0.29) is 0 Å². The maximum absolute atomic E-state index is 7.37. The largest absolute Gasteiger partial charge is 0.364 e. The quantitative estimate of drug-likeness (QED) is 0.454. The third kappa shape index (κ3) is 3.12. The van der Waals surface area contributed by atoms with Gasteiger partial charge in [0.05, 0.1) is 5.84 Å². The van der Waals surface area contributed by atoms with Gasteiger partial charge in [-0.25, -0.2) is 0 Å². The van der Waals surface area contributed by atoms with Crippen molar-refractivity contribution in [3.05, 3.63) is 0 Å². The first-order chi connectivity index (χ1) is 4.22. The fraction of sp³-hybridized carbons (Fsp3) is 0.857. The number of nitrogens with zero attached hydrogens (tertiary/aromatic N) is 1. The molecular formula is C7H16N2. The molecule has 0 unspecified atom stereocenters. The van der Waals surface area contributed by atoms with E-state index in [1.165, 1.54) is 0 Å². The predicted octanol–water partition coefficient (Wildman–Crippen LogP) is 1.72. The molecule has 0 rings (SSSR count). The first-order valence-corrected chi connectivity index (χ1v) is 3.50. The van der Waals surface area contributed by atoms with Crippen LogP contribution in [0.4, 0.5) is 0 Å². The molecule has 1 N–H and O–H groups in total. The molecule has 0 aliphatic carbocycles. The van der Waals surface area contributed by atoms with Gasteiger partial charge >= 0.3 is 0 Å². The Kier molecular flexibility index (Phi) is 4.10. The van der Waals surface area contributed by atoms with Crippen molar-refractivity contribution in [2.45, 2.75) is 26.7 Å². The van der Waals surface area contributed by atoms with Gasteiger partial charge in [0.1, 0.15) is 0 Å².